The van der Waals surface area contributed by atoms with Gasteiger partial charge in [0.1, 0.15) is 0 Å². The van der Waals surface area contributed by atoms with Crippen LogP contribution in [0.15, 0.2) is 18.2 Å². The topological polar surface area (TPSA) is 51.8 Å². The summed E-state index contributed by atoms with van der Waals surface area (Å²) in [6.07, 6.45) is 0. The van der Waals surface area contributed by atoms with E-state index in [4.69, 9.17) is 5.73 Å². The van der Waals surface area contributed by atoms with Gasteiger partial charge in [-0.2, -0.15) is 0 Å². The molecule has 0 amide bonds. The van der Waals surface area contributed by atoms with Gasteiger partial charge < -0.3 is 0 Å². The molecule has 0 fully saturated rings. The van der Waals surface area contributed by atoms with Gasteiger partial charge in [0.2, 0.25) is 0 Å². The van der Waals surface area contributed by atoms with E-state index in [2.05, 4.69) is 7.96 Å². The molecule has 2 rings (SSSR count). The summed E-state index contributed by atoms with van der Waals surface area (Å²) in [5, 5.41) is 0. The Hall–Kier alpha value is -0.571. The summed E-state index contributed by atoms with van der Waals surface area (Å²) < 4.78 is 8.35. The van der Waals surface area contributed by atoms with Crippen molar-refractivity contribution in [2.45, 2.75) is 0 Å². The molecule has 11 heavy (non-hydrogen) atoms. The Labute approximate surface area is 76.2 Å². The van der Waals surface area contributed by atoms with E-state index in [1.807, 2.05) is 18.2 Å². The number of hydrogen-bond donors (Lipinski definition) is 1. The molecule has 1 aromatic heterocycles. The molecular weight excluding hydrogens is 228 g/mol. The first-order chi connectivity index (χ1) is 4.88. The van der Waals surface area contributed by atoms with Crippen LogP contribution < -0.4 is 5.73 Å². The first-order valence-corrected chi connectivity index (χ1v) is 4.38. The van der Waals surface area contributed by atoms with Crippen LogP contribution >= 0.6 is 12.4 Å². The molecule has 0 bridgehead atoms. The SMILES string of the molecule is Cl.Nc1cccc2n[se]nc12. The molecule has 0 radical (unpaired) electrons. The van der Waals surface area contributed by atoms with Gasteiger partial charge in [0, 0.05) is 0 Å². The number of benzene rings is 1. The maximum atomic E-state index is 5.63. The Morgan fingerprint density at radius 1 is 1.27 bits per heavy atom. The molecule has 2 N–H and O–H groups in total. The molecule has 3 nitrogen and oxygen atoms in total. The average Bonchev–Trinajstić information content (AvgIpc) is 2.36. The van der Waals surface area contributed by atoms with E-state index in [0.717, 1.165) is 16.7 Å². The molecular formula is C6H6ClN3Se. The van der Waals surface area contributed by atoms with Crippen molar-refractivity contribution in [1.29, 1.82) is 0 Å². The van der Waals surface area contributed by atoms with E-state index in [0.29, 0.717) is 0 Å². The van der Waals surface area contributed by atoms with Crippen molar-refractivity contribution in [2.24, 2.45) is 0 Å². The molecule has 0 saturated heterocycles. The Balaban J connectivity index is 0.000000605. The zero-order chi connectivity index (χ0) is 6.97. The first kappa shape index (κ1) is 8.53. The summed E-state index contributed by atoms with van der Waals surface area (Å²) in [4.78, 5) is 0. The summed E-state index contributed by atoms with van der Waals surface area (Å²) in [6, 6.07) is 5.68. The standard InChI is InChI=1S/C6H5N3Se.ClH/c7-4-2-1-3-5-6(4)9-10-8-5;/h1-3H,7H2;1H. The van der Waals surface area contributed by atoms with Crippen molar-refractivity contribution in [1.82, 2.24) is 7.96 Å². The van der Waals surface area contributed by atoms with Crippen molar-refractivity contribution in [3.63, 3.8) is 0 Å². The average molecular weight is 235 g/mol. The monoisotopic (exact) mass is 235 g/mol. The van der Waals surface area contributed by atoms with E-state index in [-0.39, 0.29) is 27.4 Å². The van der Waals surface area contributed by atoms with Crippen LogP contribution in [0.4, 0.5) is 5.69 Å². The molecule has 2 aromatic rings. The zero-order valence-corrected chi connectivity index (χ0v) is 8.05. The summed E-state index contributed by atoms with van der Waals surface area (Å²) in [7, 11) is 0. The second-order valence-corrected chi connectivity index (χ2v) is 3.09. The van der Waals surface area contributed by atoms with Crippen molar-refractivity contribution >= 4 is 44.1 Å². The van der Waals surface area contributed by atoms with Gasteiger partial charge in [-0.15, -0.1) is 12.4 Å². The Bertz CT molecular complexity index is 359. The molecule has 0 aliphatic carbocycles. The fourth-order valence-corrected chi connectivity index (χ4v) is 2.00. The van der Waals surface area contributed by atoms with E-state index < -0.39 is 0 Å². The fraction of sp³-hybridized carbons (Fsp3) is 0. The minimum absolute atomic E-state index is 0. The molecule has 5 heteroatoms. The summed E-state index contributed by atoms with van der Waals surface area (Å²) in [6.45, 7) is 0. The third-order valence-corrected chi connectivity index (χ3v) is 2.46. The normalized spacial score (nSPS) is 9.45. The molecule has 0 aliphatic heterocycles. The van der Waals surface area contributed by atoms with Crippen molar-refractivity contribution < 1.29 is 0 Å². The molecule has 58 valence electrons. The van der Waals surface area contributed by atoms with E-state index in [1.165, 1.54) is 0 Å². The number of nitrogens with zero attached hydrogens (tertiary/aromatic N) is 2. The van der Waals surface area contributed by atoms with Crippen LogP contribution in [-0.4, -0.2) is 22.9 Å². The predicted octanol–water partition coefficient (Wildman–Crippen LogP) is 0.691. The van der Waals surface area contributed by atoms with Crippen LogP contribution in [0.3, 0.4) is 0 Å². The molecule has 0 aliphatic rings. The number of aromatic nitrogens is 2. The van der Waals surface area contributed by atoms with Gasteiger partial charge in [0.05, 0.1) is 0 Å². The number of nitrogens with two attached hydrogens (primary N) is 1. The van der Waals surface area contributed by atoms with Gasteiger partial charge >= 0.3 is 63.6 Å². The van der Waals surface area contributed by atoms with Gasteiger partial charge in [-0.25, -0.2) is 0 Å². The van der Waals surface area contributed by atoms with Gasteiger partial charge in [0.25, 0.3) is 0 Å². The van der Waals surface area contributed by atoms with E-state index in [1.54, 1.807) is 0 Å². The van der Waals surface area contributed by atoms with Crippen LogP contribution in [0.2, 0.25) is 0 Å². The van der Waals surface area contributed by atoms with Crippen LogP contribution in [0.5, 0.6) is 0 Å². The summed E-state index contributed by atoms with van der Waals surface area (Å²) in [5.74, 6) is 0. The second kappa shape index (κ2) is 3.22. The third kappa shape index (κ3) is 1.38. The van der Waals surface area contributed by atoms with Crippen LogP contribution in [-0.2, 0) is 0 Å². The van der Waals surface area contributed by atoms with E-state index in [9.17, 15) is 0 Å². The minimum atomic E-state index is 0. The fourth-order valence-electron chi connectivity index (χ4n) is 0.827. The molecule has 0 saturated carbocycles. The van der Waals surface area contributed by atoms with Crippen LogP contribution in [0.25, 0.3) is 11.0 Å². The van der Waals surface area contributed by atoms with Crippen LogP contribution in [0, 0.1) is 0 Å². The third-order valence-electron chi connectivity index (χ3n) is 1.32. The number of hydrogen-bond acceptors (Lipinski definition) is 3. The predicted molar refractivity (Wildman–Crippen MR) is 48.1 cm³/mol. The summed E-state index contributed by atoms with van der Waals surface area (Å²) in [5.41, 5.74) is 8.19. The van der Waals surface area contributed by atoms with Gasteiger partial charge in [-0.3, -0.25) is 0 Å². The first-order valence-electron chi connectivity index (χ1n) is 2.85. The molecule has 0 atom stereocenters. The molecule has 0 unspecified atom stereocenters. The maximum absolute atomic E-state index is 5.63. The Kier molecular flexibility index (Phi) is 2.49. The van der Waals surface area contributed by atoms with Gasteiger partial charge in [0.15, 0.2) is 0 Å². The Morgan fingerprint density at radius 3 is 2.82 bits per heavy atom. The molecule has 0 spiro atoms. The second-order valence-electron chi connectivity index (χ2n) is 1.98. The molecule has 1 aromatic carbocycles. The van der Waals surface area contributed by atoms with Crippen molar-refractivity contribution in [3.8, 4) is 0 Å². The summed E-state index contributed by atoms with van der Waals surface area (Å²) >= 11 is 0.0395. The van der Waals surface area contributed by atoms with Crippen molar-refractivity contribution in [3.05, 3.63) is 18.2 Å². The number of halogens is 1. The van der Waals surface area contributed by atoms with E-state index >= 15 is 0 Å². The van der Waals surface area contributed by atoms with Crippen molar-refractivity contribution in [2.75, 3.05) is 5.73 Å². The Morgan fingerprint density at radius 2 is 2.09 bits per heavy atom. The van der Waals surface area contributed by atoms with Gasteiger partial charge in [-0.05, 0) is 0 Å². The molecule has 1 heterocycles. The number of nitrogen functional groups attached to an aromatic ring is 1. The number of anilines is 1. The van der Waals surface area contributed by atoms with Crippen LogP contribution in [0.1, 0.15) is 0 Å². The zero-order valence-electron chi connectivity index (χ0n) is 5.52. The van der Waals surface area contributed by atoms with Gasteiger partial charge in [-0.1, -0.05) is 0 Å². The number of fused-ring (bicyclic) bond motifs is 1. The quantitative estimate of drug-likeness (QED) is 0.539. The number of rotatable bonds is 0.